The normalized spacial score (nSPS) is 13.4. The van der Waals surface area contributed by atoms with Crippen molar-refractivity contribution in [1.82, 2.24) is 15.5 Å². The second kappa shape index (κ2) is 10.2. The van der Waals surface area contributed by atoms with Crippen LogP contribution in [-0.2, 0) is 9.59 Å². The third-order valence-electron chi connectivity index (χ3n) is 4.56. The van der Waals surface area contributed by atoms with Crippen LogP contribution in [0.1, 0.15) is 57.2 Å². The number of hydrogen-bond acceptors (Lipinski definition) is 3. The molecular formula is C20H33N3O2. The van der Waals surface area contributed by atoms with Crippen molar-refractivity contribution in [3.63, 3.8) is 0 Å². The zero-order valence-electron chi connectivity index (χ0n) is 16.4. The number of amides is 2. The van der Waals surface area contributed by atoms with Crippen molar-refractivity contribution in [2.75, 3.05) is 27.2 Å². The molecule has 0 saturated heterocycles. The predicted molar refractivity (Wildman–Crippen MR) is 102 cm³/mol. The minimum atomic E-state index is -0.169. The molecule has 0 heterocycles. The Hall–Kier alpha value is -1.88. The maximum absolute atomic E-state index is 12.0. The van der Waals surface area contributed by atoms with Gasteiger partial charge in [0.05, 0.1) is 13.1 Å². The number of benzene rings is 1. The van der Waals surface area contributed by atoms with E-state index in [1.807, 2.05) is 0 Å². The lowest BCUT2D eigenvalue weighted by molar-refractivity contribution is -0.130. The van der Waals surface area contributed by atoms with Crippen LogP contribution in [0.15, 0.2) is 24.3 Å². The molecule has 2 N–H and O–H groups in total. The molecule has 0 spiro atoms. The van der Waals surface area contributed by atoms with Crippen LogP contribution in [0, 0.1) is 5.92 Å². The third kappa shape index (κ3) is 6.86. The van der Waals surface area contributed by atoms with E-state index in [0.717, 1.165) is 6.42 Å². The van der Waals surface area contributed by atoms with Gasteiger partial charge in [0, 0.05) is 20.1 Å². The van der Waals surface area contributed by atoms with Gasteiger partial charge in [0.15, 0.2) is 0 Å². The van der Waals surface area contributed by atoms with Crippen LogP contribution in [0.4, 0.5) is 0 Å². The van der Waals surface area contributed by atoms with Crippen molar-refractivity contribution in [2.45, 2.75) is 46.1 Å². The molecule has 5 heteroatoms. The molecule has 25 heavy (non-hydrogen) atoms. The summed E-state index contributed by atoms with van der Waals surface area (Å²) in [5.74, 6) is 0.622. The van der Waals surface area contributed by atoms with Crippen LogP contribution in [-0.4, -0.2) is 43.9 Å². The van der Waals surface area contributed by atoms with Gasteiger partial charge in [-0.05, 0) is 29.4 Å². The van der Waals surface area contributed by atoms with Gasteiger partial charge in [-0.25, -0.2) is 0 Å². The molecule has 2 amide bonds. The van der Waals surface area contributed by atoms with Gasteiger partial charge in [-0.15, -0.1) is 0 Å². The quantitative estimate of drug-likeness (QED) is 0.722. The fraction of sp³-hybridized carbons (Fsp3) is 0.600. The summed E-state index contributed by atoms with van der Waals surface area (Å²) in [4.78, 5) is 24.9. The maximum atomic E-state index is 12.0. The Kier molecular flexibility index (Phi) is 8.62. The highest BCUT2D eigenvalue weighted by molar-refractivity contribution is 5.85. The molecule has 0 saturated carbocycles. The van der Waals surface area contributed by atoms with Crippen molar-refractivity contribution >= 4 is 11.8 Å². The van der Waals surface area contributed by atoms with Crippen molar-refractivity contribution in [3.8, 4) is 0 Å². The number of likely N-dealkylation sites (N-methyl/N-ethyl adjacent to an activating group) is 1. The monoisotopic (exact) mass is 347 g/mol. The number of rotatable bonds is 9. The molecule has 0 aliphatic rings. The molecule has 140 valence electrons. The molecule has 1 rings (SSSR count). The second-order valence-corrected chi connectivity index (χ2v) is 7.14. The molecule has 0 radical (unpaired) electrons. The minimum Gasteiger partial charge on any atom is -0.347 e. The summed E-state index contributed by atoms with van der Waals surface area (Å²) in [5.41, 5.74) is 2.52. The molecule has 0 bridgehead atoms. The Morgan fingerprint density at radius 3 is 2.04 bits per heavy atom. The lowest BCUT2D eigenvalue weighted by atomic mass is 9.92. The van der Waals surface area contributed by atoms with E-state index in [2.05, 4.69) is 62.6 Å². The summed E-state index contributed by atoms with van der Waals surface area (Å²) < 4.78 is 0. The van der Waals surface area contributed by atoms with E-state index in [-0.39, 0.29) is 30.9 Å². The molecule has 0 aromatic heterocycles. The highest BCUT2D eigenvalue weighted by Crippen LogP contribution is 2.25. The van der Waals surface area contributed by atoms with Gasteiger partial charge in [0.1, 0.15) is 0 Å². The van der Waals surface area contributed by atoms with Crippen LogP contribution < -0.4 is 10.6 Å². The van der Waals surface area contributed by atoms with E-state index in [1.165, 1.54) is 16.0 Å². The number of carbonyl (C=O) groups excluding carboxylic acids is 2. The molecule has 5 nitrogen and oxygen atoms in total. The lowest BCUT2D eigenvalue weighted by Crippen LogP contribution is -2.41. The first-order valence-corrected chi connectivity index (χ1v) is 9.06. The molecular weight excluding hydrogens is 314 g/mol. The van der Waals surface area contributed by atoms with Gasteiger partial charge in [-0.3, -0.25) is 9.59 Å². The fourth-order valence-corrected chi connectivity index (χ4v) is 2.60. The molecule has 0 fully saturated rings. The van der Waals surface area contributed by atoms with Crippen molar-refractivity contribution < 1.29 is 9.59 Å². The molecule has 0 unspecified atom stereocenters. The molecule has 0 aliphatic heterocycles. The molecule has 2 atom stereocenters. The summed E-state index contributed by atoms with van der Waals surface area (Å²) in [5, 5.41) is 5.96. The van der Waals surface area contributed by atoms with E-state index in [9.17, 15) is 9.59 Å². The van der Waals surface area contributed by atoms with Crippen molar-refractivity contribution in [1.29, 1.82) is 0 Å². The maximum Gasteiger partial charge on any atom is 0.241 e. The summed E-state index contributed by atoms with van der Waals surface area (Å²) in [7, 11) is 3.34. The van der Waals surface area contributed by atoms with Crippen LogP contribution in [0.25, 0.3) is 0 Å². The summed E-state index contributed by atoms with van der Waals surface area (Å²) >= 11 is 0. The van der Waals surface area contributed by atoms with Gasteiger partial charge < -0.3 is 15.5 Å². The highest BCUT2D eigenvalue weighted by Gasteiger charge is 2.17. The minimum absolute atomic E-state index is 0.0312. The predicted octanol–water partition coefficient (Wildman–Crippen LogP) is 2.69. The van der Waals surface area contributed by atoms with Crippen LogP contribution >= 0.6 is 0 Å². The summed E-state index contributed by atoms with van der Waals surface area (Å²) in [6, 6.07) is 8.74. The van der Waals surface area contributed by atoms with E-state index in [4.69, 9.17) is 0 Å². The lowest BCUT2D eigenvalue weighted by Gasteiger charge is -2.23. The zero-order chi connectivity index (χ0) is 19.0. The van der Waals surface area contributed by atoms with E-state index in [0.29, 0.717) is 11.8 Å². The Balaban J connectivity index is 2.62. The first-order valence-electron chi connectivity index (χ1n) is 9.06. The Labute approximate surface area is 152 Å². The second-order valence-electron chi connectivity index (χ2n) is 7.14. The topological polar surface area (TPSA) is 61.4 Å². The van der Waals surface area contributed by atoms with Gasteiger partial charge >= 0.3 is 0 Å². The number of hydrogen-bond donors (Lipinski definition) is 2. The largest absolute Gasteiger partial charge is 0.347 e. The third-order valence-corrected chi connectivity index (χ3v) is 4.56. The number of carbonyl (C=O) groups is 2. The molecule has 1 aromatic rings. The van der Waals surface area contributed by atoms with Crippen LogP contribution in [0.2, 0.25) is 0 Å². The number of nitrogens with zero attached hydrogens (tertiary/aromatic N) is 1. The highest BCUT2D eigenvalue weighted by atomic mass is 16.2. The SMILES string of the molecule is CC[C@H](C)c1ccc([C@@H](NCC(=O)NCC(=O)N(C)C)C(C)C)cc1. The fourth-order valence-electron chi connectivity index (χ4n) is 2.60. The number of nitrogens with one attached hydrogen (secondary N) is 2. The molecule has 1 aromatic carbocycles. The van der Waals surface area contributed by atoms with Gasteiger partial charge in [0.25, 0.3) is 0 Å². The van der Waals surface area contributed by atoms with E-state index < -0.39 is 0 Å². The van der Waals surface area contributed by atoms with E-state index >= 15 is 0 Å². The van der Waals surface area contributed by atoms with E-state index in [1.54, 1.807) is 14.1 Å². The Bertz CT molecular complexity index is 553. The Morgan fingerprint density at radius 2 is 1.56 bits per heavy atom. The van der Waals surface area contributed by atoms with Gasteiger partial charge in [0.2, 0.25) is 11.8 Å². The summed E-state index contributed by atoms with van der Waals surface area (Å²) in [6.45, 7) is 8.91. The Morgan fingerprint density at radius 1 is 1.00 bits per heavy atom. The summed E-state index contributed by atoms with van der Waals surface area (Å²) in [6.07, 6.45) is 1.12. The average molecular weight is 348 g/mol. The molecule has 0 aliphatic carbocycles. The first kappa shape index (κ1) is 21.2. The zero-order valence-corrected chi connectivity index (χ0v) is 16.4. The van der Waals surface area contributed by atoms with Crippen molar-refractivity contribution in [3.05, 3.63) is 35.4 Å². The smallest absolute Gasteiger partial charge is 0.241 e. The van der Waals surface area contributed by atoms with Gasteiger partial charge in [-0.1, -0.05) is 52.0 Å². The van der Waals surface area contributed by atoms with Crippen molar-refractivity contribution in [2.24, 2.45) is 5.92 Å². The average Bonchev–Trinajstić information content (AvgIpc) is 2.59. The van der Waals surface area contributed by atoms with Crippen LogP contribution in [0.3, 0.4) is 0 Å². The van der Waals surface area contributed by atoms with Gasteiger partial charge in [-0.2, -0.15) is 0 Å². The standard InChI is InChI=1S/C20H33N3O2/c1-7-15(4)16-8-10-17(11-9-16)20(14(2)3)22-12-18(24)21-13-19(25)23(5)6/h8-11,14-15,20,22H,7,12-13H2,1-6H3,(H,21,24)/t15-,20-/m0/s1. The first-order chi connectivity index (χ1) is 11.8. The van der Waals surface area contributed by atoms with Crippen LogP contribution in [0.5, 0.6) is 0 Å².